The Hall–Kier alpha value is -1.46. The predicted octanol–water partition coefficient (Wildman–Crippen LogP) is 3.13. The lowest BCUT2D eigenvalue weighted by Gasteiger charge is -2.55. The Kier molecular flexibility index (Phi) is 4.35. The van der Waals surface area contributed by atoms with Crippen molar-refractivity contribution in [2.24, 2.45) is 35.0 Å². The Balaban J connectivity index is 1.31. The summed E-state index contributed by atoms with van der Waals surface area (Å²) in [7, 11) is 0. The van der Waals surface area contributed by atoms with E-state index in [4.69, 9.17) is 5.11 Å². The van der Waals surface area contributed by atoms with E-state index in [0.29, 0.717) is 31.0 Å². The lowest BCUT2D eigenvalue weighted by molar-refractivity contribution is -0.0144. The first-order valence-electron chi connectivity index (χ1n) is 10.3. The molecule has 0 radical (unpaired) electrons. The second kappa shape index (κ2) is 6.31. The average molecular weight is 364 g/mol. The summed E-state index contributed by atoms with van der Waals surface area (Å²) in [5.41, 5.74) is -0.160. The summed E-state index contributed by atoms with van der Waals surface area (Å²) in [6.07, 6.45) is 5.64. The van der Waals surface area contributed by atoms with E-state index in [-0.39, 0.29) is 23.4 Å². The lowest BCUT2D eigenvalue weighted by atomic mass is 9.54. The second-order valence-electron chi connectivity index (χ2n) is 10.4. The number of likely N-dealkylation sites (tertiary alicyclic amines) is 1. The van der Waals surface area contributed by atoms with Crippen LogP contribution in [-0.2, 0) is 0 Å². The molecule has 1 aliphatic heterocycles. The summed E-state index contributed by atoms with van der Waals surface area (Å²) in [4.78, 5) is 25.7. The quantitative estimate of drug-likeness (QED) is 0.720. The van der Waals surface area contributed by atoms with Crippen LogP contribution in [0.4, 0.5) is 9.59 Å². The number of hydrogen-bond donors (Lipinski definition) is 3. The monoisotopic (exact) mass is 363 g/mol. The van der Waals surface area contributed by atoms with Gasteiger partial charge in [0.25, 0.3) is 0 Å². The molecule has 3 N–H and O–H groups in total. The van der Waals surface area contributed by atoms with Crippen molar-refractivity contribution in [3.05, 3.63) is 0 Å². The Labute approximate surface area is 156 Å². The summed E-state index contributed by atoms with van der Waals surface area (Å²) >= 11 is 0. The van der Waals surface area contributed by atoms with E-state index in [1.165, 1.54) is 32.1 Å². The number of amides is 3. The summed E-state index contributed by atoms with van der Waals surface area (Å²) in [6.45, 7) is 7.42. The number of nitrogens with zero attached hydrogens (tertiary/aromatic N) is 1. The number of urea groups is 1. The van der Waals surface area contributed by atoms with Gasteiger partial charge in [-0.05, 0) is 61.2 Å². The van der Waals surface area contributed by atoms with Gasteiger partial charge in [0.2, 0.25) is 0 Å². The van der Waals surface area contributed by atoms with Gasteiger partial charge in [0, 0.05) is 31.1 Å². The van der Waals surface area contributed by atoms with Crippen molar-refractivity contribution >= 4 is 12.1 Å². The van der Waals surface area contributed by atoms with Gasteiger partial charge in [-0.15, -0.1) is 0 Å². The van der Waals surface area contributed by atoms with Crippen LogP contribution in [0.2, 0.25) is 0 Å². The molecule has 0 aromatic rings. The van der Waals surface area contributed by atoms with Crippen LogP contribution >= 0.6 is 0 Å². The van der Waals surface area contributed by atoms with E-state index in [0.717, 1.165) is 11.8 Å². The maximum absolute atomic E-state index is 12.7. The molecule has 0 aromatic heterocycles. The molecule has 146 valence electrons. The van der Waals surface area contributed by atoms with Gasteiger partial charge in [-0.1, -0.05) is 20.8 Å². The molecule has 1 atom stereocenters. The molecule has 5 fully saturated rings. The second-order valence-corrected chi connectivity index (χ2v) is 10.4. The summed E-state index contributed by atoms with van der Waals surface area (Å²) in [5.74, 6) is 3.38. The molecule has 1 heterocycles. The molecule has 5 rings (SSSR count). The zero-order valence-electron chi connectivity index (χ0n) is 16.2. The van der Waals surface area contributed by atoms with E-state index in [1.54, 1.807) is 0 Å². The van der Waals surface area contributed by atoms with Crippen LogP contribution in [0.15, 0.2) is 0 Å². The first kappa shape index (κ1) is 17.9. The van der Waals surface area contributed by atoms with Gasteiger partial charge in [0.1, 0.15) is 0 Å². The van der Waals surface area contributed by atoms with Gasteiger partial charge in [-0.3, -0.25) is 0 Å². The molecule has 6 nitrogen and oxygen atoms in total. The standard InChI is InChI=1S/C20H33N3O3/c1-20(2,3)17(22-19(25)26)15-9-23(10-15)18(24)21-16-13-5-11-4-12(7-13)8-14(16)6-11/h11-17,22H,4-10H2,1-3H3,(H,21,24)(H,25,26). The number of nitrogens with one attached hydrogen (secondary N) is 2. The van der Waals surface area contributed by atoms with Gasteiger partial charge in [-0.25, -0.2) is 9.59 Å². The molecule has 0 spiro atoms. The predicted molar refractivity (Wildman–Crippen MR) is 98.8 cm³/mol. The van der Waals surface area contributed by atoms with Gasteiger partial charge >= 0.3 is 12.1 Å². The topological polar surface area (TPSA) is 81.7 Å². The molecule has 4 saturated carbocycles. The molecular weight excluding hydrogens is 330 g/mol. The smallest absolute Gasteiger partial charge is 0.404 e. The number of rotatable bonds is 3. The number of carbonyl (C=O) groups is 2. The Morgan fingerprint density at radius 1 is 1.00 bits per heavy atom. The maximum atomic E-state index is 12.7. The Morgan fingerprint density at radius 3 is 2.00 bits per heavy atom. The largest absolute Gasteiger partial charge is 0.465 e. The highest BCUT2D eigenvalue weighted by Crippen LogP contribution is 2.53. The van der Waals surface area contributed by atoms with Gasteiger partial charge < -0.3 is 20.6 Å². The minimum absolute atomic E-state index is 0.0571. The SMILES string of the molecule is CC(C)(C)C(NC(=O)O)C1CN(C(=O)NC2C3CC4CC(C3)CC2C4)C1. The normalized spacial score (nSPS) is 37.2. The zero-order valence-corrected chi connectivity index (χ0v) is 16.2. The third-order valence-corrected chi connectivity index (χ3v) is 7.40. The number of carbonyl (C=O) groups excluding carboxylic acids is 1. The van der Waals surface area contributed by atoms with Crippen LogP contribution < -0.4 is 10.6 Å². The van der Waals surface area contributed by atoms with E-state index in [2.05, 4.69) is 10.6 Å². The molecule has 1 saturated heterocycles. The summed E-state index contributed by atoms with van der Waals surface area (Å²) < 4.78 is 0. The summed E-state index contributed by atoms with van der Waals surface area (Å²) in [6, 6.07) is 0.289. The average Bonchev–Trinajstić information content (AvgIpc) is 2.46. The highest BCUT2D eigenvalue weighted by molar-refractivity contribution is 5.75. The Bertz CT molecular complexity index is 551. The van der Waals surface area contributed by atoms with E-state index in [9.17, 15) is 9.59 Å². The Morgan fingerprint density at radius 2 is 1.54 bits per heavy atom. The molecular formula is C20H33N3O3. The number of carboxylic acid groups (broad SMARTS) is 1. The molecule has 5 aliphatic rings. The zero-order chi connectivity index (χ0) is 18.6. The van der Waals surface area contributed by atoms with Crippen LogP contribution in [0.3, 0.4) is 0 Å². The third-order valence-electron chi connectivity index (χ3n) is 7.40. The van der Waals surface area contributed by atoms with Crippen LogP contribution in [0.25, 0.3) is 0 Å². The van der Waals surface area contributed by atoms with Crippen LogP contribution in [0, 0.1) is 35.0 Å². The fourth-order valence-corrected chi connectivity index (χ4v) is 6.46. The molecule has 6 heteroatoms. The lowest BCUT2D eigenvalue weighted by Crippen LogP contribution is -2.65. The number of hydrogen-bond acceptors (Lipinski definition) is 2. The van der Waals surface area contributed by atoms with Crippen molar-refractivity contribution in [3.8, 4) is 0 Å². The van der Waals surface area contributed by atoms with Gasteiger partial charge in [-0.2, -0.15) is 0 Å². The maximum Gasteiger partial charge on any atom is 0.404 e. The molecule has 4 bridgehead atoms. The van der Waals surface area contributed by atoms with Crippen molar-refractivity contribution in [1.29, 1.82) is 0 Å². The van der Waals surface area contributed by atoms with Gasteiger partial charge in [0.15, 0.2) is 0 Å². The van der Waals surface area contributed by atoms with E-state index in [1.807, 2.05) is 25.7 Å². The van der Waals surface area contributed by atoms with Crippen LogP contribution in [-0.4, -0.2) is 47.3 Å². The molecule has 26 heavy (non-hydrogen) atoms. The van der Waals surface area contributed by atoms with Crippen molar-refractivity contribution in [2.75, 3.05) is 13.1 Å². The van der Waals surface area contributed by atoms with Crippen molar-refractivity contribution in [1.82, 2.24) is 15.5 Å². The highest BCUT2D eigenvalue weighted by atomic mass is 16.4. The fraction of sp³-hybridized carbons (Fsp3) is 0.900. The van der Waals surface area contributed by atoms with Crippen molar-refractivity contribution in [3.63, 3.8) is 0 Å². The molecule has 3 amide bonds. The minimum Gasteiger partial charge on any atom is -0.465 e. The van der Waals surface area contributed by atoms with E-state index >= 15 is 0 Å². The summed E-state index contributed by atoms with van der Waals surface area (Å²) in [5, 5.41) is 15.1. The minimum atomic E-state index is -0.985. The van der Waals surface area contributed by atoms with Crippen LogP contribution in [0.5, 0.6) is 0 Å². The first-order valence-corrected chi connectivity index (χ1v) is 10.3. The third kappa shape index (κ3) is 3.27. The van der Waals surface area contributed by atoms with Crippen molar-refractivity contribution < 1.29 is 14.7 Å². The molecule has 1 unspecified atom stereocenters. The highest BCUT2D eigenvalue weighted by Gasteiger charge is 2.49. The van der Waals surface area contributed by atoms with Gasteiger partial charge in [0.05, 0.1) is 0 Å². The van der Waals surface area contributed by atoms with Crippen molar-refractivity contribution in [2.45, 2.75) is 65.0 Å². The fourth-order valence-electron chi connectivity index (χ4n) is 6.46. The van der Waals surface area contributed by atoms with Crippen LogP contribution in [0.1, 0.15) is 52.9 Å². The first-order chi connectivity index (χ1) is 12.2. The molecule has 4 aliphatic carbocycles. The molecule has 0 aromatic carbocycles. The van der Waals surface area contributed by atoms with E-state index < -0.39 is 6.09 Å².